The van der Waals surface area contributed by atoms with Crippen LogP contribution in [0.4, 0.5) is 16.8 Å². The Hall–Kier alpha value is -3.60. The highest BCUT2D eigenvalue weighted by Crippen LogP contribution is 2.30. The molecule has 1 aromatic carbocycles. The normalized spacial score (nSPS) is 12.1. The molecule has 154 valence electrons. The Kier molecular flexibility index (Phi) is 5.53. The zero-order valence-electron chi connectivity index (χ0n) is 16.5. The molecule has 0 amide bonds. The van der Waals surface area contributed by atoms with Crippen molar-refractivity contribution >= 4 is 28.1 Å². The number of benzene rings is 1. The van der Waals surface area contributed by atoms with Gasteiger partial charge in [0.1, 0.15) is 11.0 Å². The van der Waals surface area contributed by atoms with Crippen LogP contribution in [0, 0.1) is 17.0 Å². The van der Waals surface area contributed by atoms with Crippen molar-refractivity contribution in [3.63, 3.8) is 0 Å². The molecular weight excluding hydrogens is 404 g/mol. The molecule has 0 aliphatic carbocycles. The van der Waals surface area contributed by atoms with E-state index in [0.29, 0.717) is 29.6 Å². The first-order chi connectivity index (χ1) is 14.5. The van der Waals surface area contributed by atoms with Gasteiger partial charge >= 0.3 is 5.82 Å². The molecule has 11 heteroatoms. The molecular formula is C19H20N8O2S. The van der Waals surface area contributed by atoms with Crippen LogP contribution in [0.25, 0.3) is 0 Å². The molecule has 4 aromatic rings. The number of rotatable bonds is 8. The largest absolute Gasteiger partial charge is 0.390 e. The van der Waals surface area contributed by atoms with Crippen molar-refractivity contribution in [3.8, 4) is 0 Å². The second-order valence-electron chi connectivity index (χ2n) is 6.72. The molecule has 3 aromatic heterocycles. The molecule has 1 atom stereocenters. The summed E-state index contributed by atoms with van der Waals surface area (Å²) in [4.78, 5) is 10.5. The van der Waals surface area contributed by atoms with Gasteiger partial charge < -0.3 is 15.4 Å². The topological polar surface area (TPSA) is 117 Å². The van der Waals surface area contributed by atoms with Gasteiger partial charge in [0.25, 0.3) is 0 Å². The maximum absolute atomic E-state index is 11.0. The highest BCUT2D eigenvalue weighted by atomic mass is 32.1. The molecule has 0 bridgehead atoms. The summed E-state index contributed by atoms with van der Waals surface area (Å²) in [6, 6.07) is 13.2. The minimum atomic E-state index is -0.491. The number of hydrogen-bond acceptors (Lipinski definition) is 8. The van der Waals surface area contributed by atoms with Crippen molar-refractivity contribution in [2.24, 2.45) is 0 Å². The van der Waals surface area contributed by atoms with E-state index in [1.54, 1.807) is 11.6 Å². The van der Waals surface area contributed by atoms with E-state index in [0.717, 1.165) is 5.01 Å². The van der Waals surface area contributed by atoms with Gasteiger partial charge in [0, 0.05) is 12.3 Å². The number of nitrogens with one attached hydrogen (secondary N) is 1. The van der Waals surface area contributed by atoms with Gasteiger partial charge in [-0.2, -0.15) is 9.78 Å². The zero-order valence-corrected chi connectivity index (χ0v) is 17.3. The molecule has 1 N–H and O–H groups in total. The lowest BCUT2D eigenvalue weighted by atomic mass is 10.2. The van der Waals surface area contributed by atoms with Crippen molar-refractivity contribution < 1.29 is 4.92 Å². The van der Waals surface area contributed by atoms with Crippen LogP contribution in [0.3, 0.4) is 0 Å². The van der Waals surface area contributed by atoms with Crippen molar-refractivity contribution in [2.45, 2.75) is 32.9 Å². The van der Waals surface area contributed by atoms with E-state index in [-0.39, 0.29) is 11.9 Å². The average molecular weight is 424 g/mol. The maximum atomic E-state index is 11.0. The Morgan fingerprint density at radius 2 is 2.00 bits per heavy atom. The van der Waals surface area contributed by atoms with E-state index in [4.69, 9.17) is 0 Å². The third-order valence-electron chi connectivity index (χ3n) is 4.57. The van der Waals surface area contributed by atoms with Crippen LogP contribution in [0.2, 0.25) is 0 Å². The Labute approximate surface area is 176 Å². The van der Waals surface area contributed by atoms with Crippen LogP contribution in [-0.4, -0.2) is 34.7 Å². The third kappa shape index (κ3) is 4.20. The van der Waals surface area contributed by atoms with E-state index < -0.39 is 4.92 Å². The molecule has 10 nitrogen and oxygen atoms in total. The molecule has 0 unspecified atom stereocenters. The average Bonchev–Trinajstić information content (AvgIpc) is 3.46. The molecule has 0 radical (unpaired) electrons. The van der Waals surface area contributed by atoms with Gasteiger partial charge in [-0.15, -0.1) is 10.2 Å². The minimum Gasteiger partial charge on any atom is -0.358 e. The zero-order chi connectivity index (χ0) is 21.1. The van der Waals surface area contributed by atoms with Gasteiger partial charge in [-0.3, -0.25) is 4.68 Å². The van der Waals surface area contributed by atoms with Gasteiger partial charge in [0.05, 0.1) is 23.4 Å². The molecule has 0 fully saturated rings. The molecule has 3 heterocycles. The smallest absolute Gasteiger partial charge is 0.358 e. The minimum absolute atomic E-state index is 0.169. The van der Waals surface area contributed by atoms with Crippen molar-refractivity contribution in [3.05, 3.63) is 75.0 Å². The first-order valence-electron chi connectivity index (χ1n) is 9.42. The van der Waals surface area contributed by atoms with E-state index in [9.17, 15) is 10.1 Å². The van der Waals surface area contributed by atoms with Crippen molar-refractivity contribution in [2.75, 3.05) is 5.32 Å². The Bertz CT molecular complexity index is 1150. The van der Waals surface area contributed by atoms with E-state index in [1.165, 1.54) is 23.0 Å². The molecule has 0 spiro atoms. The van der Waals surface area contributed by atoms with Crippen LogP contribution in [0.5, 0.6) is 0 Å². The lowest BCUT2D eigenvalue weighted by Crippen LogP contribution is -2.13. The van der Waals surface area contributed by atoms with E-state index in [1.807, 2.05) is 42.1 Å². The summed E-state index contributed by atoms with van der Waals surface area (Å²) < 4.78 is 3.48. The van der Waals surface area contributed by atoms with Gasteiger partial charge in [-0.25, -0.2) is 0 Å². The number of anilines is 2. The first kappa shape index (κ1) is 19.7. The highest BCUT2D eigenvalue weighted by molar-refractivity contribution is 7.15. The molecule has 30 heavy (non-hydrogen) atoms. The fraction of sp³-hybridized carbons (Fsp3) is 0.263. The van der Waals surface area contributed by atoms with Gasteiger partial charge in [0.2, 0.25) is 5.13 Å². The maximum Gasteiger partial charge on any atom is 0.390 e. The van der Waals surface area contributed by atoms with Crippen LogP contribution >= 0.6 is 11.3 Å². The van der Waals surface area contributed by atoms with Gasteiger partial charge in [-0.05, 0) is 23.8 Å². The quantitative estimate of drug-likeness (QED) is 0.336. The summed E-state index contributed by atoms with van der Waals surface area (Å²) in [6.45, 7) is 4.46. The predicted molar refractivity (Wildman–Crippen MR) is 113 cm³/mol. The van der Waals surface area contributed by atoms with Crippen molar-refractivity contribution in [1.82, 2.24) is 29.8 Å². The molecule has 0 saturated heterocycles. The summed E-state index contributed by atoms with van der Waals surface area (Å²) in [6.07, 6.45) is 2.58. The van der Waals surface area contributed by atoms with E-state index >= 15 is 0 Å². The lowest BCUT2D eigenvalue weighted by Gasteiger charge is -2.09. The molecule has 0 aliphatic heterocycles. The Balaban J connectivity index is 1.48. The fourth-order valence-corrected chi connectivity index (χ4v) is 4.06. The number of nitrogens with zero attached hydrogens (tertiary/aromatic N) is 7. The Morgan fingerprint density at radius 1 is 1.20 bits per heavy atom. The lowest BCUT2D eigenvalue weighted by molar-refractivity contribution is -0.389. The van der Waals surface area contributed by atoms with Crippen LogP contribution in [-0.2, 0) is 6.54 Å². The number of aromatic nitrogens is 6. The number of nitro groups is 1. The fourth-order valence-electron chi connectivity index (χ4n) is 3.14. The summed E-state index contributed by atoms with van der Waals surface area (Å²) >= 11 is 1.38. The third-order valence-corrected chi connectivity index (χ3v) is 5.51. The Morgan fingerprint density at radius 3 is 2.70 bits per heavy atom. The second-order valence-corrected chi connectivity index (χ2v) is 7.73. The van der Waals surface area contributed by atoms with Gasteiger partial charge in [0.15, 0.2) is 5.82 Å². The standard InChI is InChI=1S/C19H20N8O2S/c1-3-15(26-13(2)11-17(24-26)27(28)29)18-21-22-19(30-18)20-16-9-10-25(23-16)12-14-7-5-4-6-8-14/h4-11,15H,3,12H2,1-2H3,(H,20,22,23)/t15-/m1/s1. The van der Waals surface area contributed by atoms with Crippen LogP contribution in [0.1, 0.15) is 35.7 Å². The number of aryl methyl sites for hydroxylation is 1. The predicted octanol–water partition coefficient (Wildman–Crippen LogP) is 3.94. The van der Waals surface area contributed by atoms with Crippen molar-refractivity contribution in [1.29, 1.82) is 0 Å². The summed E-state index contributed by atoms with van der Waals surface area (Å²) in [5.41, 5.74) is 1.87. The highest BCUT2D eigenvalue weighted by Gasteiger charge is 2.25. The second kappa shape index (κ2) is 8.41. The summed E-state index contributed by atoms with van der Waals surface area (Å²) in [5.74, 6) is 0.505. The number of hydrogen-bond donors (Lipinski definition) is 1. The first-order valence-corrected chi connectivity index (χ1v) is 10.2. The summed E-state index contributed by atoms with van der Waals surface area (Å²) in [7, 11) is 0. The molecule has 0 saturated carbocycles. The van der Waals surface area contributed by atoms with E-state index in [2.05, 4.69) is 37.8 Å². The van der Waals surface area contributed by atoms with Crippen LogP contribution in [0.15, 0.2) is 48.7 Å². The monoisotopic (exact) mass is 424 g/mol. The van der Waals surface area contributed by atoms with Gasteiger partial charge in [-0.1, -0.05) is 48.6 Å². The molecule has 4 rings (SSSR count). The summed E-state index contributed by atoms with van der Waals surface area (Å²) in [5, 5.41) is 32.6. The molecule has 0 aliphatic rings. The van der Waals surface area contributed by atoms with Crippen LogP contribution < -0.4 is 5.32 Å². The SMILES string of the molecule is CC[C@H](c1nnc(Nc2ccn(Cc3ccccc3)n2)s1)n1nc([N+](=O)[O-])cc1C.